The first-order valence-electron chi connectivity index (χ1n) is 10.8. The molecule has 9 heteroatoms. The first-order chi connectivity index (χ1) is 17.2. The molecule has 9 nitrogen and oxygen atoms in total. The fourth-order valence-electron chi connectivity index (χ4n) is 3.55. The highest BCUT2D eigenvalue weighted by atomic mass is 16.6. The molecule has 1 aromatic heterocycles. The van der Waals surface area contributed by atoms with E-state index >= 15 is 0 Å². The van der Waals surface area contributed by atoms with E-state index in [4.69, 9.17) is 0 Å². The van der Waals surface area contributed by atoms with Crippen molar-refractivity contribution in [1.29, 1.82) is 0 Å². The van der Waals surface area contributed by atoms with Gasteiger partial charge >= 0.3 is 5.69 Å². The highest BCUT2D eigenvalue weighted by Gasteiger charge is 2.23. The minimum absolute atomic E-state index is 0.0754. The predicted molar refractivity (Wildman–Crippen MR) is 136 cm³/mol. The molecule has 0 aliphatic rings. The molecular weight excluding hydrogens is 442 g/mol. The van der Waals surface area contributed by atoms with Crippen molar-refractivity contribution in [2.24, 2.45) is 10.2 Å². The summed E-state index contributed by atoms with van der Waals surface area (Å²) in [5.74, 6) is 0.170. The van der Waals surface area contributed by atoms with E-state index < -0.39 is 4.92 Å². The van der Waals surface area contributed by atoms with Gasteiger partial charge in [-0.25, -0.2) is 9.97 Å². The topological polar surface area (TPSA) is 118 Å². The highest BCUT2D eigenvalue weighted by Crippen LogP contribution is 2.35. The Balaban J connectivity index is 1.40. The largest absolute Gasteiger partial charge is 0.353 e. The number of anilines is 4. The quantitative estimate of drug-likeness (QED) is 0.148. The molecule has 2 N–H and O–H groups in total. The molecule has 0 saturated heterocycles. The number of aromatic nitrogens is 2. The van der Waals surface area contributed by atoms with Crippen LogP contribution in [0.4, 0.5) is 40.1 Å². The van der Waals surface area contributed by atoms with Gasteiger partial charge in [0.15, 0.2) is 0 Å². The molecular formula is C26H19N7O2. The lowest BCUT2D eigenvalue weighted by atomic mass is 10.1. The Morgan fingerprint density at radius 1 is 0.686 bits per heavy atom. The van der Waals surface area contributed by atoms with E-state index in [1.165, 1.54) is 6.33 Å². The third-order valence-corrected chi connectivity index (χ3v) is 5.21. The Bertz CT molecular complexity index is 1520. The Morgan fingerprint density at radius 2 is 1.31 bits per heavy atom. The van der Waals surface area contributed by atoms with E-state index in [0.29, 0.717) is 17.1 Å². The first kappa shape index (κ1) is 21.7. The Labute approximate surface area is 200 Å². The number of fused-ring (bicyclic) bond motifs is 1. The molecule has 0 amide bonds. The van der Waals surface area contributed by atoms with Crippen LogP contribution in [0.25, 0.3) is 10.8 Å². The maximum absolute atomic E-state index is 12.0. The van der Waals surface area contributed by atoms with Gasteiger partial charge in [0.05, 0.1) is 16.3 Å². The summed E-state index contributed by atoms with van der Waals surface area (Å²) >= 11 is 0. The van der Waals surface area contributed by atoms with Crippen molar-refractivity contribution in [3.05, 3.63) is 114 Å². The van der Waals surface area contributed by atoms with Gasteiger partial charge in [0.25, 0.3) is 0 Å². The van der Waals surface area contributed by atoms with Crippen LogP contribution in [-0.2, 0) is 0 Å². The minimum atomic E-state index is -0.502. The molecule has 0 aliphatic carbocycles. The first-order valence-corrected chi connectivity index (χ1v) is 10.8. The van der Waals surface area contributed by atoms with Crippen LogP contribution in [0.1, 0.15) is 0 Å². The molecule has 0 saturated carbocycles. The van der Waals surface area contributed by atoms with E-state index in [1.807, 2.05) is 72.8 Å². The second-order valence-corrected chi connectivity index (χ2v) is 7.54. The van der Waals surface area contributed by atoms with Gasteiger partial charge in [0.1, 0.15) is 6.33 Å². The third kappa shape index (κ3) is 4.93. The monoisotopic (exact) mass is 461 g/mol. The van der Waals surface area contributed by atoms with E-state index in [0.717, 1.165) is 16.5 Å². The van der Waals surface area contributed by atoms with Crippen LogP contribution >= 0.6 is 0 Å². The van der Waals surface area contributed by atoms with Crippen LogP contribution in [0.5, 0.6) is 0 Å². The van der Waals surface area contributed by atoms with Crippen LogP contribution in [0.15, 0.2) is 114 Å². The molecule has 170 valence electrons. The van der Waals surface area contributed by atoms with Crippen LogP contribution in [-0.4, -0.2) is 14.9 Å². The molecule has 0 radical (unpaired) electrons. The summed E-state index contributed by atoms with van der Waals surface area (Å²) in [6.45, 7) is 0. The molecule has 0 fully saturated rings. The number of nitrogens with zero attached hydrogens (tertiary/aromatic N) is 5. The molecule has 5 rings (SSSR count). The van der Waals surface area contributed by atoms with Crippen LogP contribution in [0.3, 0.4) is 0 Å². The van der Waals surface area contributed by atoms with Gasteiger partial charge in [-0.15, -0.1) is 0 Å². The van der Waals surface area contributed by atoms with Gasteiger partial charge in [-0.2, -0.15) is 10.2 Å². The van der Waals surface area contributed by atoms with E-state index in [2.05, 4.69) is 30.8 Å². The third-order valence-electron chi connectivity index (χ3n) is 5.21. The van der Waals surface area contributed by atoms with Crippen molar-refractivity contribution < 1.29 is 4.92 Å². The lowest BCUT2D eigenvalue weighted by Gasteiger charge is -2.12. The maximum Gasteiger partial charge on any atom is 0.353 e. The SMILES string of the molecule is O=[N+]([O-])c1c(Nc2ccc(N=Nc3ccccc3)cc2)ncnc1Nc1cccc2ccccc12. The molecule has 0 unspecified atom stereocenters. The number of azo groups is 1. The number of benzene rings is 4. The van der Waals surface area contributed by atoms with Gasteiger partial charge in [0, 0.05) is 16.8 Å². The fraction of sp³-hybridized carbons (Fsp3) is 0. The van der Waals surface area contributed by atoms with Crippen molar-refractivity contribution in [2.75, 3.05) is 10.6 Å². The molecule has 0 bridgehead atoms. The molecule has 0 spiro atoms. The van der Waals surface area contributed by atoms with E-state index in [9.17, 15) is 10.1 Å². The number of rotatable bonds is 7. The summed E-state index contributed by atoms with van der Waals surface area (Å²) in [6.07, 6.45) is 1.28. The number of hydrogen-bond acceptors (Lipinski definition) is 8. The zero-order chi connectivity index (χ0) is 24.0. The van der Waals surface area contributed by atoms with Gasteiger partial charge < -0.3 is 10.6 Å². The smallest absolute Gasteiger partial charge is 0.334 e. The lowest BCUT2D eigenvalue weighted by molar-refractivity contribution is -0.383. The summed E-state index contributed by atoms with van der Waals surface area (Å²) < 4.78 is 0. The van der Waals surface area contributed by atoms with Gasteiger partial charge in [0.2, 0.25) is 11.6 Å². The Morgan fingerprint density at radius 3 is 2.06 bits per heavy atom. The second kappa shape index (κ2) is 9.75. The summed E-state index contributed by atoms with van der Waals surface area (Å²) in [4.78, 5) is 19.7. The maximum atomic E-state index is 12.0. The van der Waals surface area contributed by atoms with Crippen LogP contribution in [0.2, 0.25) is 0 Å². The second-order valence-electron chi connectivity index (χ2n) is 7.54. The lowest BCUT2D eigenvalue weighted by Crippen LogP contribution is -2.05. The Hall–Kier alpha value is -5.18. The number of hydrogen-bond donors (Lipinski definition) is 2. The molecule has 35 heavy (non-hydrogen) atoms. The van der Waals surface area contributed by atoms with Gasteiger partial charge in [-0.3, -0.25) is 10.1 Å². The summed E-state index contributed by atoms with van der Waals surface area (Å²) in [5.41, 5.74) is 2.46. The van der Waals surface area contributed by atoms with Crippen molar-refractivity contribution in [1.82, 2.24) is 9.97 Å². The predicted octanol–water partition coefficient (Wildman–Crippen LogP) is 7.44. The normalized spacial score (nSPS) is 11.0. The zero-order valence-electron chi connectivity index (χ0n) is 18.4. The summed E-state index contributed by atoms with van der Waals surface area (Å²) in [6, 6.07) is 29.9. The van der Waals surface area contributed by atoms with Crippen molar-refractivity contribution >= 4 is 50.8 Å². The zero-order valence-corrected chi connectivity index (χ0v) is 18.4. The Kier molecular flexibility index (Phi) is 6.03. The average Bonchev–Trinajstić information content (AvgIpc) is 2.89. The van der Waals surface area contributed by atoms with Crippen LogP contribution < -0.4 is 10.6 Å². The summed E-state index contributed by atoms with van der Waals surface area (Å²) in [7, 11) is 0. The fourth-order valence-corrected chi connectivity index (χ4v) is 3.55. The van der Waals surface area contributed by atoms with Gasteiger partial charge in [-0.05, 0) is 47.9 Å². The molecule has 0 atom stereocenters. The highest BCUT2D eigenvalue weighted by molar-refractivity contribution is 5.96. The standard InChI is InChI=1S/C26H19N7O2/c34-33(35)24-25(29-19-13-15-21(16-14-19)32-31-20-9-2-1-3-10-20)27-17-28-26(24)30-23-12-6-8-18-7-4-5-11-22(18)23/h1-17H,(H2,27,28,29,30). The average molecular weight is 461 g/mol. The van der Waals surface area contributed by atoms with Crippen LogP contribution in [0, 0.1) is 10.1 Å². The summed E-state index contributed by atoms with van der Waals surface area (Å²) in [5, 5.41) is 28.4. The number of nitro groups is 1. The van der Waals surface area contributed by atoms with Crippen molar-refractivity contribution in [3.8, 4) is 0 Å². The molecule has 5 aromatic rings. The minimum Gasteiger partial charge on any atom is -0.334 e. The van der Waals surface area contributed by atoms with E-state index in [1.54, 1.807) is 24.3 Å². The van der Waals surface area contributed by atoms with Gasteiger partial charge in [-0.1, -0.05) is 54.6 Å². The van der Waals surface area contributed by atoms with Crippen molar-refractivity contribution in [2.45, 2.75) is 0 Å². The molecule has 1 heterocycles. The van der Waals surface area contributed by atoms with Crippen molar-refractivity contribution in [3.63, 3.8) is 0 Å². The molecule has 0 aliphatic heterocycles. The molecule has 4 aromatic carbocycles. The van der Waals surface area contributed by atoms with E-state index in [-0.39, 0.29) is 17.3 Å². The number of nitrogens with one attached hydrogen (secondary N) is 2.